The highest BCUT2D eigenvalue weighted by molar-refractivity contribution is 5.98. The Morgan fingerprint density at radius 2 is 2.14 bits per heavy atom. The van der Waals surface area contributed by atoms with Crippen molar-refractivity contribution in [3.63, 3.8) is 0 Å². The first kappa shape index (κ1) is 11.0. The summed E-state index contributed by atoms with van der Waals surface area (Å²) in [6, 6.07) is 1.79. The zero-order valence-electron chi connectivity index (χ0n) is 9.37. The van der Waals surface area contributed by atoms with Gasteiger partial charge in [0.25, 0.3) is 0 Å². The van der Waals surface area contributed by atoms with Gasteiger partial charge in [-0.2, -0.15) is 5.10 Å². The van der Waals surface area contributed by atoms with E-state index in [4.69, 9.17) is 0 Å². The SMILES string of the molecule is CCn1nccc1C(=O)C(C)(C)CC. The van der Waals surface area contributed by atoms with Gasteiger partial charge in [0.1, 0.15) is 5.69 Å². The van der Waals surface area contributed by atoms with E-state index in [1.165, 1.54) is 0 Å². The third-order valence-corrected chi connectivity index (χ3v) is 2.75. The van der Waals surface area contributed by atoms with Gasteiger partial charge in [0.2, 0.25) is 0 Å². The second kappa shape index (κ2) is 3.95. The van der Waals surface area contributed by atoms with E-state index in [0.29, 0.717) is 0 Å². The van der Waals surface area contributed by atoms with Gasteiger partial charge in [0.05, 0.1) is 0 Å². The molecule has 0 spiro atoms. The zero-order chi connectivity index (χ0) is 10.8. The average Bonchev–Trinajstić information content (AvgIpc) is 2.64. The van der Waals surface area contributed by atoms with Crippen LogP contribution in [0.5, 0.6) is 0 Å². The van der Waals surface area contributed by atoms with E-state index >= 15 is 0 Å². The van der Waals surface area contributed by atoms with Crippen molar-refractivity contribution in [2.24, 2.45) is 5.41 Å². The molecule has 0 aliphatic rings. The Hall–Kier alpha value is -1.12. The van der Waals surface area contributed by atoms with E-state index in [-0.39, 0.29) is 11.2 Å². The van der Waals surface area contributed by atoms with E-state index in [0.717, 1.165) is 18.7 Å². The number of nitrogens with zero attached hydrogens (tertiary/aromatic N) is 2. The molecule has 14 heavy (non-hydrogen) atoms. The number of aromatic nitrogens is 2. The highest BCUT2D eigenvalue weighted by Gasteiger charge is 2.28. The molecule has 1 aromatic rings. The summed E-state index contributed by atoms with van der Waals surface area (Å²) >= 11 is 0. The number of Topliss-reactive ketones (excluding diaryl/α,β-unsaturated/α-hetero) is 1. The minimum absolute atomic E-state index is 0.180. The van der Waals surface area contributed by atoms with Crippen molar-refractivity contribution in [3.05, 3.63) is 18.0 Å². The maximum Gasteiger partial charge on any atom is 0.186 e. The summed E-state index contributed by atoms with van der Waals surface area (Å²) in [5.74, 6) is 0.180. The van der Waals surface area contributed by atoms with E-state index < -0.39 is 0 Å². The molecule has 0 N–H and O–H groups in total. The van der Waals surface area contributed by atoms with Crippen LogP contribution in [0.1, 0.15) is 44.6 Å². The monoisotopic (exact) mass is 194 g/mol. The van der Waals surface area contributed by atoms with E-state index in [2.05, 4.69) is 5.10 Å². The number of ketones is 1. The van der Waals surface area contributed by atoms with Gasteiger partial charge < -0.3 is 0 Å². The fourth-order valence-corrected chi connectivity index (χ4v) is 1.28. The van der Waals surface area contributed by atoms with Gasteiger partial charge in [-0.1, -0.05) is 20.8 Å². The lowest BCUT2D eigenvalue weighted by atomic mass is 9.84. The number of rotatable bonds is 4. The summed E-state index contributed by atoms with van der Waals surface area (Å²) in [5.41, 5.74) is 0.437. The Balaban J connectivity index is 3.00. The molecule has 0 bridgehead atoms. The molecule has 3 heteroatoms. The van der Waals surface area contributed by atoms with Crippen molar-refractivity contribution < 1.29 is 4.79 Å². The summed E-state index contributed by atoms with van der Waals surface area (Å²) in [7, 11) is 0. The van der Waals surface area contributed by atoms with E-state index in [1.54, 1.807) is 16.9 Å². The van der Waals surface area contributed by atoms with Gasteiger partial charge in [-0.3, -0.25) is 9.48 Å². The predicted octanol–water partition coefficient (Wildman–Crippen LogP) is 2.52. The molecule has 78 valence electrons. The molecule has 0 aliphatic heterocycles. The van der Waals surface area contributed by atoms with Crippen molar-refractivity contribution in [1.82, 2.24) is 9.78 Å². The van der Waals surface area contributed by atoms with Crippen molar-refractivity contribution in [1.29, 1.82) is 0 Å². The van der Waals surface area contributed by atoms with Crippen LogP contribution in [0.25, 0.3) is 0 Å². The lowest BCUT2D eigenvalue weighted by molar-refractivity contribution is 0.0821. The van der Waals surface area contributed by atoms with E-state index in [1.807, 2.05) is 27.7 Å². The summed E-state index contributed by atoms with van der Waals surface area (Å²) < 4.78 is 1.75. The smallest absolute Gasteiger partial charge is 0.186 e. The maximum atomic E-state index is 12.1. The third kappa shape index (κ3) is 1.86. The Morgan fingerprint density at radius 1 is 1.50 bits per heavy atom. The first-order valence-electron chi connectivity index (χ1n) is 5.09. The minimum atomic E-state index is -0.285. The number of hydrogen-bond donors (Lipinski definition) is 0. The highest BCUT2D eigenvalue weighted by Crippen LogP contribution is 2.25. The van der Waals surface area contributed by atoms with Crippen molar-refractivity contribution in [2.75, 3.05) is 0 Å². The molecule has 0 saturated heterocycles. The molecule has 1 aromatic heterocycles. The van der Waals surface area contributed by atoms with Crippen LogP contribution in [-0.2, 0) is 6.54 Å². The molecule has 0 aromatic carbocycles. The summed E-state index contributed by atoms with van der Waals surface area (Å²) in [6.07, 6.45) is 2.53. The van der Waals surface area contributed by atoms with Crippen LogP contribution in [0.4, 0.5) is 0 Å². The predicted molar refractivity (Wildman–Crippen MR) is 56.3 cm³/mol. The Morgan fingerprint density at radius 3 is 2.64 bits per heavy atom. The Kier molecular flexibility index (Phi) is 3.09. The van der Waals surface area contributed by atoms with Gasteiger partial charge in [-0.05, 0) is 19.4 Å². The molecule has 0 radical (unpaired) electrons. The van der Waals surface area contributed by atoms with Crippen LogP contribution < -0.4 is 0 Å². The van der Waals surface area contributed by atoms with Gasteiger partial charge in [-0.15, -0.1) is 0 Å². The normalized spacial score (nSPS) is 11.7. The molecule has 1 heterocycles. The molecule has 0 amide bonds. The van der Waals surface area contributed by atoms with Gasteiger partial charge in [-0.25, -0.2) is 0 Å². The molecular formula is C11H18N2O. The second-order valence-electron chi connectivity index (χ2n) is 4.10. The highest BCUT2D eigenvalue weighted by atomic mass is 16.1. The third-order valence-electron chi connectivity index (χ3n) is 2.75. The van der Waals surface area contributed by atoms with Crippen LogP contribution >= 0.6 is 0 Å². The number of hydrogen-bond acceptors (Lipinski definition) is 2. The lowest BCUT2D eigenvalue weighted by Crippen LogP contribution is -2.26. The van der Waals surface area contributed by atoms with Crippen LogP contribution in [0, 0.1) is 5.41 Å². The minimum Gasteiger partial charge on any atom is -0.292 e. The van der Waals surface area contributed by atoms with Crippen LogP contribution in [0.3, 0.4) is 0 Å². The standard InChI is InChI=1S/C11H18N2O/c1-5-11(3,4)10(14)9-7-8-12-13(9)6-2/h7-8H,5-6H2,1-4H3. The molecule has 0 aliphatic carbocycles. The molecule has 0 unspecified atom stereocenters. The lowest BCUT2D eigenvalue weighted by Gasteiger charge is -2.20. The molecule has 1 rings (SSSR count). The molecule has 0 atom stereocenters. The Bertz CT molecular complexity index is 326. The van der Waals surface area contributed by atoms with Gasteiger partial charge >= 0.3 is 0 Å². The number of carbonyl (C=O) groups is 1. The van der Waals surface area contributed by atoms with Crippen molar-refractivity contribution in [3.8, 4) is 0 Å². The van der Waals surface area contributed by atoms with Crippen LogP contribution in [0.2, 0.25) is 0 Å². The summed E-state index contributed by atoms with van der Waals surface area (Å²) in [6.45, 7) is 8.71. The first-order valence-corrected chi connectivity index (χ1v) is 5.09. The Labute approximate surface area is 85.1 Å². The summed E-state index contributed by atoms with van der Waals surface area (Å²) in [5, 5.41) is 4.10. The zero-order valence-corrected chi connectivity index (χ0v) is 9.37. The van der Waals surface area contributed by atoms with Crippen molar-refractivity contribution in [2.45, 2.75) is 40.7 Å². The van der Waals surface area contributed by atoms with Gasteiger partial charge in [0.15, 0.2) is 5.78 Å². The molecule has 3 nitrogen and oxygen atoms in total. The average molecular weight is 194 g/mol. The second-order valence-corrected chi connectivity index (χ2v) is 4.10. The quantitative estimate of drug-likeness (QED) is 0.690. The topological polar surface area (TPSA) is 34.9 Å². The number of carbonyl (C=O) groups excluding carboxylic acids is 1. The van der Waals surface area contributed by atoms with Gasteiger partial charge in [0, 0.05) is 18.2 Å². The molecule has 0 saturated carbocycles. The fraction of sp³-hybridized carbons (Fsp3) is 0.636. The fourth-order valence-electron chi connectivity index (χ4n) is 1.28. The largest absolute Gasteiger partial charge is 0.292 e. The summed E-state index contributed by atoms with van der Waals surface area (Å²) in [4.78, 5) is 12.1. The van der Waals surface area contributed by atoms with Crippen LogP contribution in [0.15, 0.2) is 12.3 Å². The number of aryl methyl sites for hydroxylation is 1. The first-order chi connectivity index (χ1) is 6.53. The van der Waals surface area contributed by atoms with Crippen LogP contribution in [-0.4, -0.2) is 15.6 Å². The van der Waals surface area contributed by atoms with Crippen molar-refractivity contribution >= 4 is 5.78 Å². The molecular weight excluding hydrogens is 176 g/mol. The van der Waals surface area contributed by atoms with E-state index in [9.17, 15) is 4.79 Å². The molecule has 0 fully saturated rings. The maximum absolute atomic E-state index is 12.1.